The van der Waals surface area contributed by atoms with Crippen LogP contribution in [-0.2, 0) is 4.79 Å². The maximum Gasteiger partial charge on any atom is 0.319 e. The molecule has 0 aliphatic carbocycles. The van der Waals surface area contributed by atoms with Gasteiger partial charge in [0.15, 0.2) is 0 Å². The Bertz CT molecular complexity index is 875. The van der Waals surface area contributed by atoms with E-state index in [1.165, 1.54) is 19.2 Å². The zero-order valence-electron chi connectivity index (χ0n) is 14.4. The van der Waals surface area contributed by atoms with E-state index >= 15 is 0 Å². The Morgan fingerprint density at radius 2 is 1.85 bits per heavy atom. The fraction of sp³-hybridized carbons (Fsp3) is 0.158. The van der Waals surface area contributed by atoms with Crippen molar-refractivity contribution >= 4 is 17.6 Å². The minimum Gasteiger partial charge on any atom is -0.508 e. The molecule has 7 heteroatoms. The summed E-state index contributed by atoms with van der Waals surface area (Å²) in [5.41, 5.74) is 2.05. The van der Waals surface area contributed by atoms with Gasteiger partial charge in [0.2, 0.25) is 0 Å². The van der Waals surface area contributed by atoms with E-state index in [1.807, 2.05) is 0 Å². The van der Waals surface area contributed by atoms with Crippen LogP contribution in [-0.4, -0.2) is 24.2 Å². The smallest absolute Gasteiger partial charge is 0.319 e. The number of allylic oxidation sites excluding steroid dienone is 1. The van der Waals surface area contributed by atoms with Crippen LogP contribution in [0.5, 0.6) is 11.5 Å². The van der Waals surface area contributed by atoms with Crippen LogP contribution < -0.4 is 20.7 Å². The first-order valence-corrected chi connectivity index (χ1v) is 8.01. The fourth-order valence-electron chi connectivity index (χ4n) is 2.85. The van der Waals surface area contributed by atoms with E-state index in [9.17, 15) is 14.7 Å². The van der Waals surface area contributed by atoms with Gasteiger partial charge in [-0.2, -0.15) is 0 Å². The van der Waals surface area contributed by atoms with Crippen LogP contribution in [0.25, 0.3) is 0 Å². The van der Waals surface area contributed by atoms with E-state index < -0.39 is 12.1 Å². The van der Waals surface area contributed by atoms with Crippen molar-refractivity contribution in [2.24, 2.45) is 0 Å². The van der Waals surface area contributed by atoms with Gasteiger partial charge in [-0.15, -0.1) is 0 Å². The second-order valence-electron chi connectivity index (χ2n) is 5.82. The van der Waals surface area contributed by atoms with Crippen LogP contribution in [0.1, 0.15) is 18.5 Å². The number of anilines is 1. The molecule has 3 amide bonds. The van der Waals surface area contributed by atoms with E-state index in [-0.39, 0.29) is 11.7 Å². The number of urea groups is 1. The first-order chi connectivity index (χ1) is 12.5. The number of aromatic hydroxyl groups is 1. The molecular weight excluding hydrogens is 334 g/mol. The molecule has 26 heavy (non-hydrogen) atoms. The number of nitrogens with one attached hydrogen (secondary N) is 3. The highest BCUT2D eigenvalue weighted by Gasteiger charge is 2.31. The Morgan fingerprint density at radius 1 is 1.15 bits per heavy atom. The second kappa shape index (κ2) is 7.18. The molecule has 0 saturated carbocycles. The van der Waals surface area contributed by atoms with E-state index in [1.54, 1.807) is 43.3 Å². The average Bonchev–Trinajstić information content (AvgIpc) is 2.62. The van der Waals surface area contributed by atoms with Crippen LogP contribution in [0.3, 0.4) is 0 Å². The molecular formula is C19H19N3O4. The lowest BCUT2D eigenvalue weighted by molar-refractivity contribution is -0.113. The van der Waals surface area contributed by atoms with Crippen molar-refractivity contribution in [2.75, 3.05) is 12.4 Å². The summed E-state index contributed by atoms with van der Waals surface area (Å²) in [4.78, 5) is 24.8. The minimum absolute atomic E-state index is 0.106. The molecule has 3 rings (SSSR count). The van der Waals surface area contributed by atoms with Crippen molar-refractivity contribution in [3.63, 3.8) is 0 Å². The Morgan fingerprint density at radius 3 is 2.54 bits per heavy atom. The summed E-state index contributed by atoms with van der Waals surface area (Å²) in [6.45, 7) is 1.67. The molecule has 1 aliphatic heterocycles. The van der Waals surface area contributed by atoms with Gasteiger partial charge in [-0.1, -0.05) is 24.3 Å². The highest BCUT2D eigenvalue weighted by Crippen LogP contribution is 2.30. The van der Waals surface area contributed by atoms with Crippen molar-refractivity contribution in [1.29, 1.82) is 0 Å². The Hall–Kier alpha value is -3.48. The Balaban J connectivity index is 1.95. The van der Waals surface area contributed by atoms with Crippen LogP contribution in [0.2, 0.25) is 0 Å². The van der Waals surface area contributed by atoms with Crippen LogP contribution in [0.15, 0.2) is 59.8 Å². The Kier molecular flexibility index (Phi) is 4.79. The zero-order chi connectivity index (χ0) is 18.7. The number of hydrogen-bond acceptors (Lipinski definition) is 4. The van der Waals surface area contributed by atoms with Crippen LogP contribution >= 0.6 is 0 Å². The summed E-state index contributed by atoms with van der Waals surface area (Å²) in [6.07, 6.45) is 0. The number of rotatable bonds is 4. The number of carbonyl (C=O) groups is 2. The molecule has 1 heterocycles. The average molecular weight is 353 g/mol. The summed E-state index contributed by atoms with van der Waals surface area (Å²) in [5.74, 6) is 0.278. The molecule has 0 radical (unpaired) electrons. The highest BCUT2D eigenvalue weighted by atomic mass is 16.5. The number of ether oxygens (including phenoxy) is 1. The second-order valence-corrected chi connectivity index (χ2v) is 5.82. The predicted molar refractivity (Wildman–Crippen MR) is 96.8 cm³/mol. The van der Waals surface area contributed by atoms with Crippen molar-refractivity contribution in [2.45, 2.75) is 13.0 Å². The lowest BCUT2D eigenvalue weighted by Crippen LogP contribution is -2.45. The first kappa shape index (κ1) is 17.3. The van der Waals surface area contributed by atoms with E-state index in [0.717, 1.165) is 0 Å². The summed E-state index contributed by atoms with van der Waals surface area (Å²) >= 11 is 0. The largest absolute Gasteiger partial charge is 0.508 e. The summed E-state index contributed by atoms with van der Waals surface area (Å²) in [5, 5.41) is 17.7. The van der Waals surface area contributed by atoms with Crippen molar-refractivity contribution in [3.05, 3.63) is 65.4 Å². The Labute approximate surface area is 150 Å². The fourth-order valence-corrected chi connectivity index (χ4v) is 2.85. The molecule has 0 unspecified atom stereocenters. The summed E-state index contributed by atoms with van der Waals surface area (Å²) in [7, 11) is 1.52. The van der Waals surface area contributed by atoms with Gasteiger partial charge in [-0.05, 0) is 36.8 Å². The van der Waals surface area contributed by atoms with Gasteiger partial charge in [0.1, 0.15) is 11.5 Å². The number of benzene rings is 2. The topological polar surface area (TPSA) is 99.7 Å². The third-order valence-electron chi connectivity index (χ3n) is 4.10. The molecule has 1 aliphatic rings. The third-order valence-corrected chi connectivity index (χ3v) is 4.10. The number of carbonyl (C=O) groups excluding carboxylic acids is 2. The zero-order valence-corrected chi connectivity index (χ0v) is 14.4. The quantitative estimate of drug-likeness (QED) is 0.679. The lowest BCUT2D eigenvalue weighted by Gasteiger charge is -2.28. The molecule has 0 bridgehead atoms. The van der Waals surface area contributed by atoms with Crippen LogP contribution in [0, 0.1) is 0 Å². The third kappa shape index (κ3) is 3.46. The van der Waals surface area contributed by atoms with Crippen molar-refractivity contribution < 1.29 is 19.4 Å². The molecule has 2 aromatic rings. The maximum atomic E-state index is 12.9. The molecule has 0 fully saturated rings. The number of hydrogen-bond donors (Lipinski definition) is 4. The van der Waals surface area contributed by atoms with Crippen molar-refractivity contribution in [1.82, 2.24) is 10.6 Å². The lowest BCUT2D eigenvalue weighted by atomic mass is 9.94. The summed E-state index contributed by atoms with van der Waals surface area (Å²) < 4.78 is 5.26. The summed E-state index contributed by atoms with van der Waals surface area (Å²) in [6, 6.07) is 12.4. The molecule has 134 valence electrons. The standard InChI is InChI=1S/C19H19N3O4/c1-11-16(18(24)21-14-5-3-4-6-15(14)26-2)17(22-19(25)20-11)12-7-9-13(23)10-8-12/h3-10,17,23H,1-2H3,(H,21,24)(H2,20,22,25)/t17-/m1/s1. The SMILES string of the molecule is COc1ccccc1NC(=O)C1=C(C)NC(=O)N[C@@H]1c1ccc(O)cc1. The number of phenolic OH excluding ortho intramolecular Hbond substituents is 1. The van der Waals surface area contributed by atoms with Gasteiger partial charge in [0.05, 0.1) is 24.4 Å². The minimum atomic E-state index is -0.640. The number of amides is 3. The van der Waals surface area contributed by atoms with Gasteiger partial charge in [0.25, 0.3) is 5.91 Å². The molecule has 0 spiro atoms. The molecule has 0 saturated heterocycles. The first-order valence-electron chi connectivity index (χ1n) is 8.01. The number of phenols is 1. The number of para-hydroxylation sites is 2. The molecule has 1 atom stereocenters. The van der Waals surface area contributed by atoms with Gasteiger partial charge >= 0.3 is 6.03 Å². The van der Waals surface area contributed by atoms with E-state index in [4.69, 9.17) is 4.74 Å². The molecule has 0 aromatic heterocycles. The molecule has 4 N–H and O–H groups in total. The van der Waals surface area contributed by atoms with E-state index in [0.29, 0.717) is 28.3 Å². The number of methoxy groups -OCH3 is 1. The van der Waals surface area contributed by atoms with Crippen LogP contribution in [0.4, 0.5) is 10.5 Å². The normalized spacial score (nSPS) is 16.5. The maximum absolute atomic E-state index is 12.9. The molecule has 7 nitrogen and oxygen atoms in total. The monoisotopic (exact) mass is 353 g/mol. The van der Waals surface area contributed by atoms with E-state index in [2.05, 4.69) is 16.0 Å². The molecule has 2 aromatic carbocycles. The van der Waals surface area contributed by atoms with Crippen molar-refractivity contribution in [3.8, 4) is 11.5 Å². The van der Waals surface area contributed by atoms with Gasteiger partial charge in [-0.3, -0.25) is 4.79 Å². The van der Waals surface area contributed by atoms with Gasteiger partial charge < -0.3 is 25.8 Å². The van der Waals surface area contributed by atoms with Gasteiger partial charge in [-0.25, -0.2) is 4.79 Å². The predicted octanol–water partition coefficient (Wildman–Crippen LogP) is 2.67. The van der Waals surface area contributed by atoms with Gasteiger partial charge in [0, 0.05) is 5.70 Å². The highest BCUT2D eigenvalue weighted by molar-refractivity contribution is 6.07.